The fourth-order valence-electron chi connectivity index (χ4n) is 2.21. The SMILES string of the molecule is Cc1ccsc1C(C)Nc1ccc(NC(=O)OC(C)(C)C)cc1. The molecule has 0 saturated heterocycles. The highest BCUT2D eigenvalue weighted by molar-refractivity contribution is 7.10. The number of aryl methyl sites for hydroxylation is 1. The Balaban J connectivity index is 1.94. The van der Waals surface area contributed by atoms with E-state index in [-0.39, 0.29) is 6.04 Å². The van der Waals surface area contributed by atoms with Crippen molar-refractivity contribution in [2.75, 3.05) is 10.6 Å². The lowest BCUT2D eigenvalue weighted by molar-refractivity contribution is 0.0636. The van der Waals surface area contributed by atoms with Gasteiger partial charge in [0.05, 0.1) is 6.04 Å². The van der Waals surface area contributed by atoms with Gasteiger partial charge in [0.15, 0.2) is 0 Å². The van der Waals surface area contributed by atoms with Crippen molar-refractivity contribution in [2.45, 2.75) is 46.3 Å². The lowest BCUT2D eigenvalue weighted by Gasteiger charge is -2.20. The maximum atomic E-state index is 11.7. The van der Waals surface area contributed by atoms with Crippen LogP contribution in [0.25, 0.3) is 0 Å². The van der Waals surface area contributed by atoms with Crippen LogP contribution in [0.3, 0.4) is 0 Å². The number of thiophene rings is 1. The summed E-state index contributed by atoms with van der Waals surface area (Å²) < 4.78 is 5.23. The third-order valence-corrected chi connectivity index (χ3v) is 4.41. The molecule has 4 nitrogen and oxygen atoms in total. The molecule has 1 aromatic carbocycles. The Labute approximate surface area is 141 Å². The summed E-state index contributed by atoms with van der Waals surface area (Å²) in [5.41, 5.74) is 2.53. The van der Waals surface area contributed by atoms with Crippen LogP contribution in [-0.4, -0.2) is 11.7 Å². The topological polar surface area (TPSA) is 50.4 Å². The van der Waals surface area contributed by atoms with Crippen LogP contribution >= 0.6 is 11.3 Å². The van der Waals surface area contributed by atoms with E-state index in [2.05, 4.69) is 35.9 Å². The van der Waals surface area contributed by atoms with Crippen molar-refractivity contribution in [1.29, 1.82) is 0 Å². The zero-order chi connectivity index (χ0) is 17.0. The molecule has 2 rings (SSSR count). The van der Waals surface area contributed by atoms with Gasteiger partial charge < -0.3 is 10.1 Å². The number of nitrogens with one attached hydrogen (secondary N) is 2. The van der Waals surface area contributed by atoms with E-state index in [1.165, 1.54) is 10.4 Å². The molecule has 124 valence electrons. The summed E-state index contributed by atoms with van der Waals surface area (Å²) in [6.07, 6.45) is -0.444. The highest BCUT2D eigenvalue weighted by Gasteiger charge is 2.16. The molecule has 2 aromatic rings. The Kier molecular flexibility index (Phi) is 5.31. The van der Waals surface area contributed by atoms with Crippen LogP contribution < -0.4 is 10.6 Å². The average molecular weight is 332 g/mol. The van der Waals surface area contributed by atoms with Gasteiger partial charge >= 0.3 is 6.09 Å². The molecule has 0 aliphatic heterocycles. The van der Waals surface area contributed by atoms with Crippen molar-refractivity contribution in [3.8, 4) is 0 Å². The number of carbonyl (C=O) groups excluding carboxylic acids is 1. The predicted molar refractivity (Wildman–Crippen MR) is 97.4 cm³/mol. The molecule has 0 aliphatic carbocycles. The summed E-state index contributed by atoms with van der Waals surface area (Å²) in [5, 5.41) is 8.31. The number of anilines is 2. The van der Waals surface area contributed by atoms with Gasteiger partial charge in [0, 0.05) is 16.3 Å². The quantitative estimate of drug-likeness (QED) is 0.769. The summed E-state index contributed by atoms with van der Waals surface area (Å²) in [7, 11) is 0. The van der Waals surface area contributed by atoms with Crippen LogP contribution in [0, 0.1) is 6.92 Å². The van der Waals surface area contributed by atoms with E-state index in [0.29, 0.717) is 5.69 Å². The summed E-state index contributed by atoms with van der Waals surface area (Å²) in [5.74, 6) is 0. The molecule has 1 atom stereocenters. The maximum absolute atomic E-state index is 11.7. The fraction of sp³-hybridized carbons (Fsp3) is 0.389. The molecule has 1 heterocycles. The van der Waals surface area contributed by atoms with Gasteiger partial charge in [-0.1, -0.05) is 0 Å². The predicted octanol–water partition coefficient (Wildman–Crippen LogP) is 5.58. The van der Waals surface area contributed by atoms with Crippen molar-refractivity contribution in [3.63, 3.8) is 0 Å². The molecular weight excluding hydrogens is 308 g/mol. The Hall–Kier alpha value is -2.01. The van der Waals surface area contributed by atoms with Crippen LogP contribution in [0.5, 0.6) is 0 Å². The van der Waals surface area contributed by atoms with E-state index in [4.69, 9.17) is 4.74 Å². The molecule has 0 spiro atoms. The van der Waals surface area contributed by atoms with Crippen molar-refractivity contribution >= 4 is 28.8 Å². The minimum absolute atomic E-state index is 0.250. The number of hydrogen-bond acceptors (Lipinski definition) is 4. The largest absolute Gasteiger partial charge is 0.444 e. The second kappa shape index (κ2) is 7.04. The molecule has 0 radical (unpaired) electrons. The third-order valence-electron chi connectivity index (χ3n) is 3.21. The molecule has 0 bridgehead atoms. The fourth-order valence-corrected chi connectivity index (χ4v) is 3.15. The number of amides is 1. The van der Waals surface area contributed by atoms with E-state index in [1.807, 2.05) is 45.0 Å². The first-order chi connectivity index (χ1) is 10.7. The Morgan fingerprint density at radius 2 is 1.74 bits per heavy atom. The van der Waals surface area contributed by atoms with Crippen molar-refractivity contribution < 1.29 is 9.53 Å². The Bertz CT molecular complexity index is 656. The number of ether oxygens (including phenoxy) is 1. The minimum Gasteiger partial charge on any atom is -0.444 e. The van der Waals surface area contributed by atoms with Crippen LogP contribution in [0.2, 0.25) is 0 Å². The first kappa shape index (κ1) is 17.3. The summed E-state index contributed by atoms with van der Waals surface area (Å²) in [6, 6.07) is 10.0. The zero-order valence-corrected chi connectivity index (χ0v) is 15.1. The van der Waals surface area contributed by atoms with E-state index in [9.17, 15) is 4.79 Å². The molecule has 0 saturated carbocycles. The summed E-state index contributed by atoms with van der Waals surface area (Å²) in [6.45, 7) is 9.79. The molecule has 1 amide bonds. The van der Waals surface area contributed by atoms with Gasteiger partial charge in [-0.3, -0.25) is 5.32 Å². The van der Waals surface area contributed by atoms with Crippen molar-refractivity contribution in [3.05, 3.63) is 46.2 Å². The highest BCUT2D eigenvalue weighted by atomic mass is 32.1. The number of rotatable bonds is 4. The zero-order valence-electron chi connectivity index (χ0n) is 14.3. The third kappa shape index (κ3) is 5.28. The second-order valence-electron chi connectivity index (χ2n) is 6.54. The van der Waals surface area contributed by atoms with Gasteiger partial charge in [-0.25, -0.2) is 4.79 Å². The van der Waals surface area contributed by atoms with E-state index in [1.54, 1.807) is 11.3 Å². The molecule has 0 fully saturated rings. The molecule has 1 unspecified atom stereocenters. The summed E-state index contributed by atoms with van der Waals surface area (Å²) in [4.78, 5) is 13.1. The first-order valence-electron chi connectivity index (χ1n) is 7.65. The maximum Gasteiger partial charge on any atom is 0.412 e. The molecule has 2 N–H and O–H groups in total. The van der Waals surface area contributed by atoms with E-state index in [0.717, 1.165) is 5.69 Å². The molecule has 0 aliphatic rings. The molecule has 23 heavy (non-hydrogen) atoms. The van der Waals surface area contributed by atoms with Gasteiger partial charge in [0.2, 0.25) is 0 Å². The number of benzene rings is 1. The van der Waals surface area contributed by atoms with Gasteiger partial charge in [-0.15, -0.1) is 11.3 Å². The Morgan fingerprint density at radius 3 is 2.26 bits per heavy atom. The van der Waals surface area contributed by atoms with Crippen LogP contribution in [0.4, 0.5) is 16.2 Å². The monoisotopic (exact) mass is 332 g/mol. The van der Waals surface area contributed by atoms with Gasteiger partial charge in [0.1, 0.15) is 5.60 Å². The van der Waals surface area contributed by atoms with Crippen LogP contribution in [-0.2, 0) is 4.74 Å². The minimum atomic E-state index is -0.500. The Morgan fingerprint density at radius 1 is 1.13 bits per heavy atom. The second-order valence-corrected chi connectivity index (χ2v) is 7.49. The normalized spacial score (nSPS) is 12.6. The molecule has 1 aromatic heterocycles. The van der Waals surface area contributed by atoms with Gasteiger partial charge in [-0.05, 0) is 75.9 Å². The van der Waals surface area contributed by atoms with Gasteiger partial charge in [-0.2, -0.15) is 0 Å². The van der Waals surface area contributed by atoms with Crippen LogP contribution in [0.15, 0.2) is 35.7 Å². The van der Waals surface area contributed by atoms with Crippen molar-refractivity contribution in [2.24, 2.45) is 0 Å². The standard InChI is InChI=1S/C18H24N2O2S/c1-12-10-11-23-16(12)13(2)19-14-6-8-15(9-7-14)20-17(21)22-18(3,4)5/h6-11,13,19H,1-5H3,(H,20,21). The van der Waals surface area contributed by atoms with E-state index < -0.39 is 11.7 Å². The highest BCUT2D eigenvalue weighted by Crippen LogP contribution is 2.27. The number of carbonyl (C=O) groups is 1. The van der Waals surface area contributed by atoms with Gasteiger partial charge in [0.25, 0.3) is 0 Å². The smallest absolute Gasteiger partial charge is 0.412 e. The lowest BCUT2D eigenvalue weighted by Crippen LogP contribution is -2.27. The average Bonchev–Trinajstić information content (AvgIpc) is 2.85. The van der Waals surface area contributed by atoms with E-state index >= 15 is 0 Å². The summed E-state index contributed by atoms with van der Waals surface area (Å²) >= 11 is 1.76. The molecule has 5 heteroatoms. The van der Waals surface area contributed by atoms with Crippen LogP contribution in [0.1, 0.15) is 44.2 Å². The molecular formula is C18H24N2O2S. The lowest BCUT2D eigenvalue weighted by atomic mass is 10.2. The number of hydrogen-bond donors (Lipinski definition) is 2. The first-order valence-corrected chi connectivity index (χ1v) is 8.53. The van der Waals surface area contributed by atoms with Crippen molar-refractivity contribution in [1.82, 2.24) is 0 Å².